The van der Waals surface area contributed by atoms with E-state index in [0.717, 1.165) is 17.8 Å². The third-order valence-electron chi connectivity index (χ3n) is 5.70. The van der Waals surface area contributed by atoms with Crippen LogP contribution in [0.2, 0.25) is 0 Å². The minimum Gasteiger partial charge on any atom is -0.312 e. The molecule has 2 fully saturated rings. The van der Waals surface area contributed by atoms with Crippen LogP contribution in [0.1, 0.15) is 67.7 Å². The molecule has 0 saturated heterocycles. The zero-order valence-electron chi connectivity index (χ0n) is 13.0. The summed E-state index contributed by atoms with van der Waals surface area (Å²) in [5.41, 5.74) is 0. The normalized spacial score (nSPS) is 31.8. The van der Waals surface area contributed by atoms with Crippen LogP contribution in [0.4, 0.5) is 0 Å². The van der Waals surface area contributed by atoms with Crippen molar-refractivity contribution in [2.45, 2.75) is 64.3 Å². The summed E-state index contributed by atoms with van der Waals surface area (Å²) >= 11 is 2.03. The van der Waals surface area contributed by atoms with Gasteiger partial charge < -0.3 is 5.32 Å². The first-order valence-electron chi connectivity index (χ1n) is 8.57. The van der Waals surface area contributed by atoms with E-state index >= 15 is 0 Å². The lowest BCUT2D eigenvalue weighted by Gasteiger charge is -2.41. The molecule has 0 bridgehead atoms. The molecule has 0 spiro atoms. The van der Waals surface area contributed by atoms with E-state index < -0.39 is 0 Å². The number of aryl methyl sites for hydroxylation is 1. The van der Waals surface area contributed by atoms with Crippen LogP contribution in [0.25, 0.3) is 0 Å². The summed E-state index contributed by atoms with van der Waals surface area (Å²) in [5.74, 6) is 2.96. The van der Waals surface area contributed by atoms with E-state index in [-0.39, 0.29) is 0 Å². The van der Waals surface area contributed by atoms with Crippen LogP contribution in [0.3, 0.4) is 0 Å². The van der Waals surface area contributed by atoms with E-state index in [1.807, 2.05) is 11.3 Å². The van der Waals surface area contributed by atoms with Gasteiger partial charge in [0.1, 0.15) is 0 Å². The van der Waals surface area contributed by atoms with Gasteiger partial charge in [0, 0.05) is 15.8 Å². The molecule has 0 amide bonds. The first-order chi connectivity index (χ1) is 9.81. The highest BCUT2D eigenvalue weighted by molar-refractivity contribution is 7.12. The second-order valence-corrected chi connectivity index (χ2v) is 8.00. The van der Waals surface area contributed by atoms with Gasteiger partial charge in [0.25, 0.3) is 0 Å². The summed E-state index contributed by atoms with van der Waals surface area (Å²) in [6.45, 7) is 2.26. The largest absolute Gasteiger partial charge is 0.312 e. The van der Waals surface area contributed by atoms with Crippen molar-refractivity contribution in [3.63, 3.8) is 0 Å². The Kier molecular flexibility index (Phi) is 4.83. The first kappa shape index (κ1) is 14.6. The van der Waals surface area contributed by atoms with Gasteiger partial charge in [-0.25, -0.2) is 0 Å². The maximum atomic E-state index is 3.63. The van der Waals surface area contributed by atoms with Crippen molar-refractivity contribution >= 4 is 11.3 Å². The third kappa shape index (κ3) is 2.96. The van der Waals surface area contributed by atoms with Gasteiger partial charge in [-0.15, -0.1) is 11.3 Å². The van der Waals surface area contributed by atoms with Gasteiger partial charge >= 0.3 is 0 Å². The number of nitrogens with one attached hydrogen (secondary N) is 1. The average Bonchev–Trinajstić information content (AvgIpc) is 2.97. The van der Waals surface area contributed by atoms with Crippen molar-refractivity contribution < 1.29 is 0 Å². The monoisotopic (exact) mass is 291 g/mol. The van der Waals surface area contributed by atoms with E-state index in [2.05, 4.69) is 31.4 Å². The van der Waals surface area contributed by atoms with Crippen LogP contribution in [0.15, 0.2) is 12.1 Å². The standard InChI is InChI=1S/C18H29NS/c1-3-16-10-11-17(20-16)18(19-2)15-9-8-13-6-4-5-7-14(13)12-15/h10-11,13-15,18-19H,3-9,12H2,1-2H3. The quantitative estimate of drug-likeness (QED) is 0.806. The van der Waals surface area contributed by atoms with Crippen molar-refractivity contribution in [2.75, 3.05) is 7.05 Å². The highest BCUT2D eigenvalue weighted by Gasteiger charge is 2.35. The molecule has 2 aliphatic rings. The van der Waals surface area contributed by atoms with Crippen molar-refractivity contribution in [3.8, 4) is 0 Å². The molecule has 4 atom stereocenters. The average molecular weight is 292 g/mol. The Morgan fingerprint density at radius 2 is 1.95 bits per heavy atom. The molecule has 0 radical (unpaired) electrons. The molecule has 1 aromatic rings. The van der Waals surface area contributed by atoms with Crippen LogP contribution in [-0.2, 0) is 6.42 Å². The summed E-state index contributed by atoms with van der Waals surface area (Å²) in [5, 5.41) is 3.63. The highest BCUT2D eigenvalue weighted by Crippen LogP contribution is 2.46. The molecule has 0 aromatic carbocycles. The summed E-state index contributed by atoms with van der Waals surface area (Å²) in [6, 6.07) is 5.30. The smallest absolute Gasteiger partial charge is 0.0441 e. The third-order valence-corrected chi connectivity index (χ3v) is 7.01. The molecule has 2 aliphatic carbocycles. The minimum atomic E-state index is 0.600. The van der Waals surface area contributed by atoms with Crippen LogP contribution in [0, 0.1) is 17.8 Å². The zero-order chi connectivity index (χ0) is 13.9. The summed E-state index contributed by atoms with van der Waals surface area (Å²) in [6.07, 6.45) is 11.6. The van der Waals surface area contributed by atoms with Crippen molar-refractivity contribution in [3.05, 3.63) is 21.9 Å². The van der Waals surface area contributed by atoms with Crippen LogP contribution in [0.5, 0.6) is 0 Å². The number of thiophene rings is 1. The highest BCUT2D eigenvalue weighted by atomic mass is 32.1. The Bertz CT molecular complexity index is 425. The molecule has 2 heteroatoms. The SMILES string of the molecule is CCc1ccc(C(NC)C2CCC3CCCCC3C2)s1. The molecule has 4 unspecified atom stereocenters. The van der Waals surface area contributed by atoms with Gasteiger partial charge in [0.2, 0.25) is 0 Å². The summed E-state index contributed by atoms with van der Waals surface area (Å²) in [7, 11) is 2.16. The van der Waals surface area contributed by atoms with E-state index in [9.17, 15) is 0 Å². The summed E-state index contributed by atoms with van der Waals surface area (Å²) in [4.78, 5) is 3.11. The molecule has 1 nitrogen and oxygen atoms in total. The molecule has 1 N–H and O–H groups in total. The van der Waals surface area contributed by atoms with Gasteiger partial charge in [0.15, 0.2) is 0 Å². The Morgan fingerprint density at radius 1 is 1.15 bits per heavy atom. The molecule has 1 aromatic heterocycles. The van der Waals surface area contributed by atoms with Crippen LogP contribution in [-0.4, -0.2) is 7.05 Å². The number of hydrogen-bond acceptors (Lipinski definition) is 2. The van der Waals surface area contributed by atoms with Gasteiger partial charge in [0.05, 0.1) is 0 Å². The first-order valence-corrected chi connectivity index (χ1v) is 9.39. The second-order valence-electron chi connectivity index (χ2n) is 6.80. The van der Waals surface area contributed by atoms with Crippen molar-refractivity contribution in [2.24, 2.45) is 17.8 Å². The fourth-order valence-electron chi connectivity index (χ4n) is 4.57. The Balaban J connectivity index is 1.69. The van der Waals surface area contributed by atoms with Gasteiger partial charge in [-0.05, 0) is 62.6 Å². The van der Waals surface area contributed by atoms with Crippen LogP contribution < -0.4 is 5.32 Å². The molecule has 1 heterocycles. The topological polar surface area (TPSA) is 12.0 Å². The van der Waals surface area contributed by atoms with Gasteiger partial charge in [-0.1, -0.05) is 32.6 Å². The summed E-state index contributed by atoms with van der Waals surface area (Å²) < 4.78 is 0. The molecule has 20 heavy (non-hydrogen) atoms. The predicted octanol–water partition coefficient (Wildman–Crippen LogP) is 5.18. The Morgan fingerprint density at radius 3 is 2.65 bits per heavy atom. The Labute approximate surface area is 128 Å². The molecule has 112 valence electrons. The maximum absolute atomic E-state index is 3.63. The van der Waals surface area contributed by atoms with E-state index in [1.165, 1.54) is 56.2 Å². The second kappa shape index (κ2) is 6.62. The molecule has 0 aliphatic heterocycles. The number of hydrogen-bond donors (Lipinski definition) is 1. The van der Waals surface area contributed by atoms with Crippen molar-refractivity contribution in [1.82, 2.24) is 5.32 Å². The lowest BCUT2D eigenvalue weighted by atomic mass is 9.66. The zero-order valence-corrected chi connectivity index (χ0v) is 13.8. The number of fused-ring (bicyclic) bond motifs is 1. The molecule has 2 saturated carbocycles. The molecule has 3 rings (SSSR count). The molecular weight excluding hydrogens is 262 g/mol. The molecular formula is C18H29NS. The maximum Gasteiger partial charge on any atom is 0.0441 e. The minimum absolute atomic E-state index is 0.600. The van der Waals surface area contributed by atoms with Crippen LogP contribution >= 0.6 is 11.3 Å². The fourth-order valence-corrected chi connectivity index (χ4v) is 5.73. The lowest BCUT2D eigenvalue weighted by Crippen LogP contribution is -2.34. The van der Waals surface area contributed by atoms with E-state index in [4.69, 9.17) is 0 Å². The van der Waals surface area contributed by atoms with Gasteiger partial charge in [-0.3, -0.25) is 0 Å². The predicted molar refractivity (Wildman–Crippen MR) is 88.3 cm³/mol. The number of rotatable bonds is 4. The Hall–Kier alpha value is -0.340. The van der Waals surface area contributed by atoms with Gasteiger partial charge in [-0.2, -0.15) is 0 Å². The van der Waals surface area contributed by atoms with E-state index in [1.54, 1.807) is 4.88 Å². The van der Waals surface area contributed by atoms with Crippen molar-refractivity contribution in [1.29, 1.82) is 0 Å². The lowest BCUT2D eigenvalue weighted by molar-refractivity contribution is 0.112. The van der Waals surface area contributed by atoms with E-state index in [0.29, 0.717) is 6.04 Å². The fraction of sp³-hybridized carbons (Fsp3) is 0.778.